The van der Waals surface area contributed by atoms with E-state index in [9.17, 15) is 0 Å². The molecular weight excluding hydrogens is 230 g/mol. The molecule has 0 atom stereocenters. The third-order valence-corrected chi connectivity index (χ3v) is 4.83. The molecule has 88 valence electrons. The van der Waals surface area contributed by atoms with Crippen LogP contribution in [0.4, 0.5) is 0 Å². The van der Waals surface area contributed by atoms with Gasteiger partial charge in [-0.1, -0.05) is 0 Å². The molecular formula is C14H15NOS. The lowest BCUT2D eigenvalue weighted by Gasteiger charge is -2.03. The van der Waals surface area contributed by atoms with E-state index >= 15 is 0 Å². The zero-order chi connectivity index (χ0) is 11.8. The summed E-state index contributed by atoms with van der Waals surface area (Å²) in [5.41, 5.74) is 4.27. The van der Waals surface area contributed by atoms with Crippen molar-refractivity contribution in [1.82, 2.24) is 4.98 Å². The third kappa shape index (κ3) is 1.75. The zero-order valence-corrected chi connectivity index (χ0v) is 10.9. The number of thiophene rings is 1. The summed E-state index contributed by atoms with van der Waals surface area (Å²) in [6.45, 7) is 2.24. The minimum absolute atomic E-state index is 0.690. The van der Waals surface area contributed by atoms with E-state index in [4.69, 9.17) is 4.74 Å². The molecule has 0 saturated carbocycles. The zero-order valence-electron chi connectivity index (χ0n) is 10.1. The lowest BCUT2D eigenvalue weighted by Crippen LogP contribution is -1.88. The summed E-state index contributed by atoms with van der Waals surface area (Å²) in [6.07, 6.45) is 5.64. The van der Waals surface area contributed by atoms with Crippen LogP contribution in [-0.2, 0) is 12.8 Å². The fourth-order valence-corrected chi connectivity index (χ4v) is 3.89. The van der Waals surface area contributed by atoms with E-state index in [0.29, 0.717) is 5.88 Å². The Balaban J connectivity index is 2.09. The molecule has 1 aliphatic rings. The minimum atomic E-state index is 0.690. The van der Waals surface area contributed by atoms with Crippen molar-refractivity contribution in [1.29, 1.82) is 0 Å². The Hall–Kier alpha value is -1.35. The molecule has 2 nitrogen and oxygen atoms in total. The van der Waals surface area contributed by atoms with Crippen LogP contribution in [0.15, 0.2) is 18.3 Å². The number of hydrogen-bond donors (Lipinski definition) is 0. The molecule has 0 bridgehead atoms. The number of pyridine rings is 1. The monoisotopic (exact) mass is 245 g/mol. The lowest BCUT2D eigenvalue weighted by atomic mass is 10.1. The number of nitrogens with zero attached hydrogens (tertiary/aromatic N) is 1. The molecule has 0 spiro atoms. The second kappa shape index (κ2) is 4.15. The van der Waals surface area contributed by atoms with Gasteiger partial charge in [-0.15, -0.1) is 11.3 Å². The molecule has 2 heterocycles. The Kier molecular flexibility index (Phi) is 2.63. The van der Waals surface area contributed by atoms with Crippen LogP contribution in [-0.4, -0.2) is 12.1 Å². The van der Waals surface area contributed by atoms with E-state index in [1.165, 1.54) is 35.3 Å². The van der Waals surface area contributed by atoms with Gasteiger partial charge in [0, 0.05) is 22.0 Å². The van der Waals surface area contributed by atoms with Crippen molar-refractivity contribution < 1.29 is 4.74 Å². The van der Waals surface area contributed by atoms with E-state index in [2.05, 4.69) is 18.0 Å². The first-order valence-corrected chi connectivity index (χ1v) is 6.73. The fourth-order valence-electron chi connectivity index (χ4n) is 2.50. The molecule has 0 N–H and O–H groups in total. The Morgan fingerprint density at radius 1 is 1.35 bits per heavy atom. The van der Waals surface area contributed by atoms with Crippen molar-refractivity contribution in [2.45, 2.75) is 26.2 Å². The molecule has 2 aromatic rings. The summed E-state index contributed by atoms with van der Waals surface area (Å²) in [7, 11) is 1.66. The van der Waals surface area contributed by atoms with Gasteiger partial charge in [0.2, 0.25) is 5.88 Å². The number of methoxy groups -OCH3 is 1. The Morgan fingerprint density at radius 2 is 2.24 bits per heavy atom. The van der Waals surface area contributed by atoms with Crippen molar-refractivity contribution in [2.75, 3.05) is 7.11 Å². The molecule has 0 unspecified atom stereocenters. The van der Waals surface area contributed by atoms with Gasteiger partial charge in [0.15, 0.2) is 0 Å². The van der Waals surface area contributed by atoms with Gasteiger partial charge >= 0.3 is 0 Å². The molecule has 17 heavy (non-hydrogen) atoms. The molecule has 1 aliphatic carbocycles. The SMILES string of the molecule is COc1cc(-c2sc3c(c2C)CCC3)ccn1. The van der Waals surface area contributed by atoms with E-state index in [0.717, 1.165) is 0 Å². The highest BCUT2D eigenvalue weighted by atomic mass is 32.1. The maximum atomic E-state index is 5.19. The van der Waals surface area contributed by atoms with Gasteiger partial charge in [0.25, 0.3) is 0 Å². The Labute approximate surface area is 105 Å². The van der Waals surface area contributed by atoms with E-state index in [1.54, 1.807) is 17.6 Å². The van der Waals surface area contributed by atoms with E-state index in [-0.39, 0.29) is 0 Å². The van der Waals surface area contributed by atoms with E-state index in [1.807, 2.05) is 23.6 Å². The molecule has 3 heteroatoms. The Bertz CT molecular complexity index is 559. The molecule has 0 aromatic carbocycles. The maximum Gasteiger partial charge on any atom is 0.213 e. The first-order valence-electron chi connectivity index (χ1n) is 5.91. The summed E-state index contributed by atoms with van der Waals surface area (Å²) in [6, 6.07) is 4.09. The van der Waals surface area contributed by atoms with Crippen molar-refractivity contribution in [3.05, 3.63) is 34.3 Å². The highest BCUT2D eigenvalue weighted by Gasteiger charge is 2.20. The van der Waals surface area contributed by atoms with E-state index < -0.39 is 0 Å². The largest absolute Gasteiger partial charge is 0.481 e. The van der Waals surface area contributed by atoms with Crippen LogP contribution in [0.1, 0.15) is 22.4 Å². The summed E-state index contributed by atoms with van der Waals surface area (Å²) in [5, 5.41) is 0. The van der Waals surface area contributed by atoms with Crippen LogP contribution >= 0.6 is 11.3 Å². The topological polar surface area (TPSA) is 22.1 Å². The molecule has 0 aliphatic heterocycles. The van der Waals surface area contributed by atoms with Crippen molar-refractivity contribution >= 4 is 11.3 Å². The summed E-state index contributed by atoms with van der Waals surface area (Å²) in [4.78, 5) is 7.12. The number of ether oxygens (including phenoxy) is 1. The smallest absolute Gasteiger partial charge is 0.213 e. The second-order valence-corrected chi connectivity index (χ2v) is 5.50. The third-order valence-electron chi connectivity index (χ3n) is 3.39. The van der Waals surface area contributed by atoms with Crippen LogP contribution in [0.2, 0.25) is 0 Å². The van der Waals surface area contributed by atoms with Gasteiger partial charge < -0.3 is 4.74 Å². The minimum Gasteiger partial charge on any atom is -0.481 e. The van der Waals surface area contributed by atoms with Gasteiger partial charge in [-0.2, -0.15) is 0 Å². The van der Waals surface area contributed by atoms with Crippen LogP contribution in [0.5, 0.6) is 5.88 Å². The number of hydrogen-bond acceptors (Lipinski definition) is 3. The van der Waals surface area contributed by atoms with Crippen LogP contribution < -0.4 is 4.74 Å². The van der Waals surface area contributed by atoms with Crippen LogP contribution in [0, 0.1) is 6.92 Å². The number of aryl methyl sites for hydroxylation is 1. The molecule has 0 radical (unpaired) electrons. The highest BCUT2D eigenvalue weighted by molar-refractivity contribution is 7.16. The summed E-state index contributed by atoms with van der Waals surface area (Å²) in [5.74, 6) is 0.690. The summed E-state index contributed by atoms with van der Waals surface area (Å²) >= 11 is 1.94. The lowest BCUT2D eigenvalue weighted by molar-refractivity contribution is 0.398. The molecule has 2 aromatic heterocycles. The average molecular weight is 245 g/mol. The van der Waals surface area contributed by atoms with Gasteiger partial charge in [0.05, 0.1) is 7.11 Å². The first-order chi connectivity index (χ1) is 8.29. The predicted molar refractivity (Wildman–Crippen MR) is 70.9 cm³/mol. The molecule has 3 rings (SSSR count). The maximum absolute atomic E-state index is 5.19. The fraction of sp³-hybridized carbons (Fsp3) is 0.357. The summed E-state index contributed by atoms with van der Waals surface area (Å²) < 4.78 is 5.19. The van der Waals surface area contributed by atoms with Crippen molar-refractivity contribution in [2.24, 2.45) is 0 Å². The quantitative estimate of drug-likeness (QED) is 0.806. The number of fused-ring (bicyclic) bond motifs is 1. The first kappa shape index (κ1) is 10.8. The van der Waals surface area contributed by atoms with Crippen molar-refractivity contribution in [3.63, 3.8) is 0 Å². The normalized spacial score (nSPS) is 13.8. The standard InChI is InChI=1S/C14H15NOS/c1-9-11-4-3-5-12(11)17-14(9)10-6-7-15-13(8-10)16-2/h6-8H,3-5H2,1-2H3. The van der Waals surface area contributed by atoms with Crippen molar-refractivity contribution in [3.8, 4) is 16.3 Å². The van der Waals surface area contributed by atoms with Gasteiger partial charge in [-0.25, -0.2) is 4.98 Å². The van der Waals surface area contributed by atoms with Gasteiger partial charge in [-0.05, 0) is 48.9 Å². The van der Waals surface area contributed by atoms with Crippen LogP contribution in [0.25, 0.3) is 10.4 Å². The number of aromatic nitrogens is 1. The van der Waals surface area contributed by atoms with Gasteiger partial charge in [0.1, 0.15) is 0 Å². The molecule has 0 saturated heterocycles. The highest BCUT2D eigenvalue weighted by Crippen LogP contribution is 2.40. The average Bonchev–Trinajstić information content (AvgIpc) is 2.93. The van der Waals surface area contributed by atoms with Gasteiger partial charge in [-0.3, -0.25) is 0 Å². The van der Waals surface area contributed by atoms with Crippen LogP contribution in [0.3, 0.4) is 0 Å². The Morgan fingerprint density at radius 3 is 3.00 bits per heavy atom. The molecule has 0 fully saturated rings. The number of rotatable bonds is 2. The molecule has 0 amide bonds. The second-order valence-electron chi connectivity index (χ2n) is 4.40. The predicted octanol–water partition coefficient (Wildman–Crippen LogP) is 3.62.